The van der Waals surface area contributed by atoms with Crippen LogP contribution in [0.4, 0.5) is 5.69 Å². The van der Waals surface area contributed by atoms with Gasteiger partial charge in [0, 0.05) is 11.3 Å². The van der Waals surface area contributed by atoms with E-state index in [0.717, 1.165) is 44.2 Å². The van der Waals surface area contributed by atoms with Gasteiger partial charge in [0.05, 0.1) is 0 Å². The van der Waals surface area contributed by atoms with Crippen LogP contribution in [-0.2, 0) is 25.7 Å². The van der Waals surface area contributed by atoms with E-state index >= 15 is 0 Å². The van der Waals surface area contributed by atoms with Crippen molar-refractivity contribution in [2.45, 2.75) is 38.5 Å². The molecule has 0 bridgehead atoms. The fraction of sp³-hybridized carbons (Fsp3) is 0.118. The summed E-state index contributed by atoms with van der Waals surface area (Å²) in [5.74, 6) is -0.0769. The highest BCUT2D eigenvalue weighted by Crippen LogP contribution is 2.38. The Labute approximate surface area is 309 Å². The summed E-state index contributed by atoms with van der Waals surface area (Å²) in [5, 5.41) is 19.2. The molecule has 53 heavy (non-hydrogen) atoms. The monoisotopic (exact) mass is 681 g/mol. The van der Waals surface area contributed by atoms with Crippen LogP contribution >= 0.6 is 0 Å². The maximum Gasteiger partial charge on any atom is 0.255 e. The zero-order valence-electron chi connectivity index (χ0n) is 29.7. The zero-order chi connectivity index (χ0) is 35.3. The van der Waals surface area contributed by atoms with Crippen molar-refractivity contribution in [3.63, 3.8) is 0 Å². The molecular weight excluding hydrogens is 643 g/mol. The van der Waals surface area contributed by atoms with E-state index in [1.165, 1.54) is 86.9 Å². The second-order valence-electron chi connectivity index (χ2n) is 14.7. The summed E-state index contributed by atoms with van der Waals surface area (Å²) in [6.45, 7) is 0. The lowest BCUT2D eigenvalue weighted by Crippen LogP contribution is -2.11. The summed E-state index contributed by atoms with van der Waals surface area (Å²) in [4.78, 5) is 13.1. The largest absolute Gasteiger partial charge is 0.322 e. The van der Waals surface area contributed by atoms with Crippen LogP contribution in [-0.4, -0.2) is 5.91 Å². The van der Waals surface area contributed by atoms with Gasteiger partial charge in [-0.3, -0.25) is 4.79 Å². The summed E-state index contributed by atoms with van der Waals surface area (Å²) < 4.78 is 0. The first-order chi connectivity index (χ1) is 26.2. The van der Waals surface area contributed by atoms with Gasteiger partial charge in [0.25, 0.3) is 5.91 Å². The molecule has 0 radical (unpaired) electrons. The third-order valence-corrected chi connectivity index (χ3v) is 11.5. The summed E-state index contributed by atoms with van der Waals surface area (Å²) in [6.07, 6.45) is 6.15. The second-order valence-corrected chi connectivity index (χ2v) is 14.7. The molecule has 0 spiro atoms. The van der Waals surface area contributed by atoms with Gasteiger partial charge in [0.2, 0.25) is 0 Å². The third-order valence-electron chi connectivity index (χ3n) is 11.5. The first-order valence-corrected chi connectivity index (χ1v) is 19.0. The van der Waals surface area contributed by atoms with Crippen LogP contribution < -0.4 is 5.32 Å². The Morgan fingerprint density at radius 3 is 1.25 bits per heavy atom. The van der Waals surface area contributed by atoms with Crippen molar-refractivity contribution in [1.82, 2.24) is 0 Å². The molecule has 0 aliphatic rings. The van der Waals surface area contributed by atoms with Crippen molar-refractivity contribution in [1.29, 1.82) is 0 Å². The van der Waals surface area contributed by atoms with E-state index in [1.54, 1.807) is 0 Å². The maximum atomic E-state index is 13.1. The van der Waals surface area contributed by atoms with Crippen LogP contribution in [0.25, 0.3) is 64.6 Å². The number of rotatable bonds is 10. The number of benzene rings is 10. The number of carbonyl (C=O) groups excluding carboxylic acids is 1. The van der Waals surface area contributed by atoms with E-state index in [1.807, 2.05) is 24.3 Å². The Morgan fingerprint density at radius 1 is 0.377 bits per heavy atom. The molecule has 0 aliphatic carbocycles. The lowest BCUT2D eigenvalue weighted by molar-refractivity contribution is 0.102. The SMILES string of the molecule is O=C(Nc1ccc(CCCc2ccc3ccc4cccc5ccc2c3c45)cc1)c1ccc(CCCc2ccc3ccc4cccc5ccc2c3c45)cc1. The molecule has 10 rings (SSSR count). The minimum atomic E-state index is -0.0769. The molecule has 1 amide bonds. The van der Waals surface area contributed by atoms with Crippen molar-refractivity contribution in [3.05, 3.63) is 186 Å². The predicted molar refractivity (Wildman–Crippen MR) is 225 cm³/mol. The number of hydrogen-bond donors (Lipinski definition) is 1. The van der Waals surface area contributed by atoms with E-state index in [2.05, 4.69) is 139 Å². The van der Waals surface area contributed by atoms with Gasteiger partial charge in [0.1, 0.15) is 0 Å². The molecule has 10 aromatic carbocycles. The zero-order valence-corrected chi connectivity index (χ0v) is 29.7. The van der Waals surface area contributed by atoms with Crippen molar-refractivity contribution in [2.24, 2.45) is 0 Å². The Morgan fingerprint density at radius 2 is 0.774 bits per heavy atom. The number of nitrogens with one attached hydrogen (secondary N) is 1. The highest BCUT2D eigenvalue weighted by atomic mass is 16.1. The van der Waals surface area contributed by atoms with Crippen molar-refractivity contribution in [3.8, 4) is 0 Å². The Balaban J connectivity index is 0.744. The molecule has 10 aromatic rings. The molecule has 254 valence electrons. The molecule has 0 heterocycles. The van der Waals surface area contributed by atoms with Gasteiger partial charge >= 0.3 is 0 Å². The van der Waals surface area contributed by atoms with Crippen molar-refractivity contribution in [2.75, 3.05) is 5.32 Å². The summed E-state index contributed by atoms with van der Waals surface area (Å²) >= 11 is 0. The first kappa shape index (κ1) is 31.5. The first-order valence-electron chi connectivity index (χ1n) is 19.0. The molecule has 0 saturated carbocycles. The normalized spacial score (nSPS) is 11.9. The van der Waals surface area contributed by atoms with Crippen LogP contribution in [0.2, 0.25) is 0 Å². The Bertz CT molecular complexity index is 2890. The number of aryl methyl sites for hydroxylation is 4. The van der Waals surface area contributed by atoms with Crippen molar-refractivity contribution >= 4 is 76.2 Å². The average molecular weight is 682 g/mol. The number of anilines is 1. The number of carbonyl (C=O) groups is 1. The topological polar surface area (TPSA) is 29.1 Å². The molecule has 0 aromatic heterocycles. The highest BCUT2D eigenvalue weighted by molar-refractivity contribution is 6.24. The molecule has 2 heteroatoms. The van der Waals surface area contributed by atoms with Gasteiger partial charge < -0.3 is 5.32 Å². The van der Waals surface area contributed by atoms with Gasteiger partial charge in [-0.2, -0.15) is 0 Å². The van der Waals surface area contributed by atoms with Crippen LogP contribution in [0.5, 0.6) is 0 Å². The second kappa shape index (κ2) is 13.1. The lowest BCUT2D eigenvalue weighted by Gasteiger charge is -2.14. The smallest absolute Gasteiger partial charge is 0.255 e. The third kappa shape index (κ3) is 5.72. The minimum absolute atomic E-state index is 0.0769. The summed E-state index contributed by atoms with van der Waals surface area (Å²) in [7, 11) is 0. The molecule has 0 atom stereocenters. The maximum absolute atomic E-state index is 13.1. The van der Waals surface area contributed by atoms with Crippen LogP contribution in [0, 0.1) is 0 Å². The predicted octanol–water partition coefficient (Wildman–Crippen LogP) is 13.1. The average Bonchev–Trinajstić information content (AvgIpc) is 3.21. The molecule has 0 aliphatic heterocycles. The van der Waals surface area contributed by atoms with Gasteiger partial charge in [-0.25, -0.2) is 0 Å². The van der Waals surface area contributed by atoms with E-state index < -0.39 is 0 Å². The van der Waals surface area contributed by atoms with Crippen LogP contribution in [0.15, 0.2) is 158 Å². The highest BCUT2D eigenvalue weighted by Gasteiger charge is 2.13. The molecule has 2 nitrogen and oxygen atoms in total. The Kier molecular flexibility index (Phi) is 7.76. The lowest BCUT2D eigenvalue weighted by atomic mass is 9.90. The summed E-state index contributed by atoms with van der Waals surface area (Å²) in [6, 6.07) is 56.9. The number of hydrogen-bond acceptors (Lipinski definition) is 1. The van der Waals surface area contributed by atoms with E-state index in [4.69, 9.17) is 0 Å². The van der Waals surface area contributed by atoms with E-state index in [-0.39, 0.29) is 5.91 Å². The fourth-order valence-electron chi connectivity index (χ4n) is 8.77. The molecule has 0 saturated heterocycles. The van der Waals surface area contributed by atoms with Gasteiger partial charge in [-0.05, 0) is 150 Å². The summed E-state index contributed by atoms with van der Waals surface area (Å²) in [5.41, 5.74) is 6.86. The molecule has 0 fully saturated rings. The van der Waals surface area contributed by atoms with Gasteiger partial charge in [-0.1, -0.05) is 133 Å². The van der Waals surface area contributed by atoms with Crippen LogP contribution in [0.3, 0.4) is 0 Å². The molecule has 0 unspecified atom stereocenters. The van der Waals surface area contributed by atoms with Gasteiger partial charge in [0.15, 0.2) is 0 Å². The van der Waals surface area contributed by atoms with Crippen LogP contribution in [0.1, 0.15) is 45.5 Å². The fourth-order valence-corrected chi connectivity index (χ4v) is 8.77. The van der Waals surface area contributed by atoms with E-state index in [9.17, 15) is 4.79 Å². The van der Waals surface area contributed by atoms with Gasteiger partial charge in [-0.15, -0.1) is 0 Å². The molecule has 1 N–H and O–H groups in total. The standard InChI is InChI=1S/C51H39NO/c53-51(43-17-13-33(14-18-43)5-1-7-35-19-21-41-25-23-37-9-3-11-39-27-31-45(35)49(41)47(37)39)52-44-29-15-34(16-30-44)6-2-8-36-20-22-42-26-24-38-10-4-12-40-28-32-46(36)50(42)48(38)40/h3-4,9-32H,1-2,5-8H2,(H,52,53). The quantitative estimate of drug-likeness (QED) is 0.143. The van der Waals surface area contributed by atoms with E-state index in [0.29, 0.717) is 5.56 Å². The molecular formula is C51H39NO. The number of amides is 1. The van der Waals surface area contributed by atoms with Crippen molar-refractivity contribution < 1.29 is 4.79 Å². The Hall–Kier alpha value is -6.25. The minimum Gasteiger partial charge on any atom is -0.322 e.